The highest BCUT2D eigenvalue weighted by atomic mass is 35.5. The fraction of sp³-hybridized carbons (Fsp3) is 0.350. The monoisotopic (exact) mass is 448 g/mol. The third-order valence-corrected chi connectivity index (χ3v) is 7.04. The van der Waals surface area contributed by atoms with Gasteiger partial charge in [0.15, 0.2) is 11.0 Å². The van der Waals surface area contributed by atoms with Crippen molar-refractivity contribution in [3.8, 4) is 16.5 Å². The SMILES string of the molecule is COc1cc(Cl)c(C)cc1NC(=O)C(C)Sc1nnc(-c2cccs2)n1C1CC1. The molecule has 0 spiro atoms. The summed E-state index contributed by atoms with van der Waals surface area (Å²) in [5.74, 6) is 1.29. The third-order valence-electron chi connectivity index (χ3n) is 4.71. The number of aryl methyl sites for hydroxylation is 1. The van der Waals surface area contributed by atoms with Gasteiger partial charge in [0.25, 0.3) is 0 Å². The van der Waals surface area contributed by atoms with Crippen molar-refractivity contribution in [1.29, 1.82) is 0 Å². The fourth-order valence-electron chi connectivity index (χ4n) is 2.97. The van der Waals surface area contributed by atoms with Crippen molar-refractivity contribution in [2.75, 3.05) is 12.4 Å². The number of halogens is 1. The quantitative estimate of drug-likeness (QED) is 0.488. The second kappa shape index (κ2) is 8.38. The number of nitrogens with one attached hydrogen (secondary N) is 1. The number of methoxy groups -OCH3 is 1. The molecule has 29 heavy (non-hydrogen) atoms. The maximum Gasteiger partial charge on any atom is 0.237 e. The van der Waals surface area contributed by atoms with Gasteiger partial charge in [-0.05, 0) is 49.8 Å². The van der Waals surface area contributed by atoms with Crippen LogP contribution in [0.25, 0.3) is 10.7 Å². The van der Waals surface area contributed by atoms with E-state index in [4.69, 9.17) is 16.3 Å². The lowest BCUT2D eigenvalue weighted by atomic mass is 10.2. The number of rotatable bonds is 7. The van der Waals surface area contributed by atoms with Crippen LogP contribution in [0.2, 0.25) is 5.02 Å². The zero-order chi connectivity index (χ0) is 20.5. The summed E-state index contributed by atoms with van der Waals surface area (Å²) < 4.78 is 7.53. The van der Waals surface area contributed by atoms with E-state index < -0.39 is 0 Å². The van der Waals surface area contributed by atoms with Crippen molar-refractivity contribution in [2.45, 2.75) is 43.1 Å². The zero-order valence-electron chi connectivity index (χ0n) is 16.3. The molecule has 1 fully saturated rings. The lowest BCUT2D eigenvalue weighted by Gasteiger charge is -2.16. The van der Waals surface area contributed by atoms with Crippen molar-refractivity contribution in [3.05, 3.63) is 40.2 Å². The Morgan fingerprint density at radius 1 is 1.41 bits per heavy atom. The molecule has 1 saturated carbocycles. The number of benzene rings is 1. The smallest absolute Gasteiger partial charge is 0.237 e. The summed E-state index contributed by atoms with van der Waals surface area (Å²) in [5.41, 5.74) is 1.48. The third kappa shape index (κ3) is 4.29. The Morgan fingerprint density at radius 3 is 2.86 bits per heavy atom. The first-order valence-corrected chi connectivity index (χ1v) is 11.4. The molecule has 9 heteroatoms. The number of anilines is 1. The number of thioether (sulfide) groups is 1. The minimum Gasteiger partial charge on any atom is -0.495 e. The van der Waals surface area contributed by atoms with Crippen LogP contribution in [-0.4, -0.2) is 33.0 Å². The minimum atomic E-state index is -0.353. The molecule has 1 aliphatic carbocycles. The first-order valence-electron chi connectivity index (χ1n) is 9.28. The average molecular weight is 449 g/mol. The van der Waals surface area contributed by atoms with E-state index in [1.54, 1.807) is 24.5 Å². The maximum atomic E-state index is 12.8. The predicted molar refractivity (Wildman–Crippen MR) is 118 cm³/mol. The van der Waals surface area contributed by atoms with Gasteiger partial charge in [0, 0.05) is 17.1 Å². The molecule has 0 aliphatic heterocycles. The van der Waals surface area contributed by atoms with Crippen molar-refractivity contribution in [2.24, 2.45) is 0 Å². The van der Waals surface area contributed by atoms with Crippen LogP contribution < -0.4 is 10.1 Å². The molecule has 2 aromatic heterocycles. The number of thiophene rings is 1. The first-order chi connectivity index (χ1) is 14.0. The van der Waals surface area contributed by atoms with E-state index in [0.717, 1.165) is 34.3 Å². The molecule has 1 amide bonds. The molecule has 1 unspecified atom stereocenters. The standard InChI is InChI=1S/C20H21ClN4O2S2/c1-11-9-15(16(27-3)10-14(11)21)22-19(26)12(2)29-20-24-23-18(17-5-4-8-28-17)25(20)13-6-7-13/h4-5,8-10,12-13H,6-7H2,1-3H3,(H,22,26). The van der Waals surface area contributed by atoms with Gasteiger partial charge in [0.1, 0.15) is 5.75 Å². The molecule has 0 saturated heterocycles. The number of ether oxygens (including phenoxy) is 1. The number of hydrogen-bond acceptors (Lipinski definition) is 6. The van der Waals surface area contributed by atoms with Crippen LogP contribution >= 0.6 is 34.7 Å². The van der Waals surface area contributed by atoms with Crippen LogP contribution in [0, 0.1) is 6.92 Å². The van der Waals surface area contributed by atoms with Crippen LogP contribution in [0.15, 0.2) is 34.8 Å². The molecule has 2 heterocycles. The van der Waals surface area contributed by atoms with Crippen LogP contribution in [0.4, 0.5) is 5.69 Å². The van der Waals surface area contributed by atoms with Crippen LogP contribution in [0.3, 0.4) is 0 Å². The minimum absolute atomic E-state index is 0.127. The molecular weight excluding hydrogens is 428 g/mol. The van der Waals surface area contributed by atoms with Crippen LogP contribution in [0.5, 0.6) is 5.75 Å². The normalized spacial score (nSPS) is 14.6. The Hall–Kier alpha value is -2.03. The highest BCUT2D eigenvalue weighted by molar-refractivity contribution is 8.00. The zero-order valence-corrected chi connectivity index (χ0v) is 18.7. The summed E-state index contributed by atoms with van der Waals surface area (Å²) in [6, 6.07) is 8.00. The second-order valence-corrected chi connectivity index (χ2v) is 9.60. The molecule has 4 rings (SSSR count). The Bertz CT molecular complexity index is 1030. The predicted octanol–water partition coefficient (Wildman–Crippen LogP) is 5.43. The summed E-state index contributed by atoms with van der Waals surface area (Å²) in [6.45, 7) is 3.76. The number of carbonyl (C=O) groups excluding carboxylic acids is 1. The van der Waals surface area contributed by atoms with Crippen molar-refractivity contribution in [1.82, 2.24) is 14.8 Å². The summed E-state index contributed by atoms with van der Waals surface area (Å²) >= 11 is 9.22. The Balaban J connectivity index is 1.52. The lowest BCUT2D eigenvalue weighted by Crippen LogP contribution is -2.23. The van der Waals surface area contributed by atoms with Crippen LogP contribution in [-0.2, 0) is 4.79 Å². The van der Waals surface area contributed by atoms with E-state index in [-0.39, 0.29) is 11.2 Å². The average Bonchev–Trinajstić information content (AvgIpc) is 3.22. The fourth-order valence-corrected chi connectivity index (χ4v) is 4.75. The molecule has 152 valence electrons. The summed E-state index contributed by atoms with van der Waals surface area (Å²) in [7, 11) is 1.55. The molecule has 6 nitrogen and oxygen atoms in total. The number of aromatic nitrogens is 3. The lowest BCUT2D eigenvalue weighted by molar-refractivity contribution is -0.115. The molecule has 0 radical (unpaired) electrons. The van der Waals surface area contributed by atoms with Gasteiger partial charge in [-0.3, -0.25) is 9.36 Å². The van der Waals surface area contributed by atoms with Gasteiger partial charge in [-0.2, -0.15) is 0 Å². The van der Waals surface area contributed by atoms with E-state index >= 15 is 0 Å². The van der Waals surface area contributed by atoms with Crippen molar-refractivity contribution < 1.29 is 9.53 Å². The van der Waals surface area contributed by atoms with E-state index in [1.165, 1.54) is 11.8 Å². The van der Waals surface area contributed by atoms with E-state index in [9.17, 15) is 4.79 Å². The van der Waals surface area contributed by atoms with E-state index in [2.05, 4.69) is 20.1 Å². The Morgan fingerprint density at radius 2 is 2.21 bits per heavy atom. The molecular formula is C20H21ClN4O2S2. The number of carbonyl (C=O) groups is 1. The van der Waals surface area contributed by atoms with Gasteiger partial charge >= 0.3 is 0 Å². The van der Waals surface area contributed by atoms with Gasteiger partial charge in [0.2, 0.25) is 5.91 Å². The van der Waals surface area contributed by atoms with Gasteiger partial charge in [-0.15, -0.1) is 21.5 Å². The maximum absolute atomic E-state index is 12.8. The molecule has 1 atom stereocenters. The van der Waals surface area contributed by atoms with E-state index in [1.807, 2.05) is 37.4 Å². The topological polar surface area (TPSA) is 69.0 Å². The Labute approximate surface area is 182 Å². The molecule has 0 bridgehead atoms. The Kier molecular flexibility index (Phi) is 5.85. The highest BCUT2D eigenvalue weighted by Gasteiger charge is 2.32. The first kappa shape index (κ1) is 20.3. The van der Waals surface area contributed by atoms with Crippen molar-refractivity contribution in [3.63, 3.8) is 0 Å². The highest BCUT2D eigenvalue weighted by Crippen LogP contribution is 2.42. The van der Waals surface area contributed by atoms with E-state index in [0.29, 0.717) is 22.5 Å². The summed E-state index contributed by atoms with van der Waals surface area (Å²) in [6.07, 6.45) is 2.23. The number of hydrogen-bond donors (Lipinski definition) is 1. The second-order valence-electron chi connectivity index (χ2n) is 6.94. The van der Waals surface area contributed by atoms with Gasteiger partial charge < -0.3 is 10.1 Å². The largest absolute Gasteiger partial charge is 0.495 e. The molecule has 1 aromatic carbocycles. The van der Waals surface area contributed by atoms with Gasteiger partial charge in [-0.25, -0.2) is 0 Å². The molecule has 1 N–H and O–H groups in total. The molecule has 1 aliphatic rings. The number of nitrogens with zero attached hydrogens (tertiary/aromatic N) is 3. The van der Waals surface area contributed by atoms with Crippen molar-refractivity contribution >= 4 is 46.3 Å². The summed E-state index contributed by atoms with van der Waals surface area (Å²) in [4.78, 5) is 13.9. The molecule has 3 aromatic rings. The van der Waals surface area contributed by atoms with Gasteiger partial charge in [0.05, 0.1) is 22.9 Å². The van der Waals surface area contributed by atoms with Gasteiger partial charge in [-0.1, -0.05) is 29.4 Å². The summed E-state index contributed by atoms with van der Waals surface area (Å²) in [5, 5.41) is 14.8. The van der Waals surface area contributed by atoms with Crippen LogP contribution in [0.1, 0.15) is 31.4 Å². The number of amides is 1.